The van der Waals surface area contributed by atoms with Gasteiger partial charge in [-0.15, -0.1) is 0 Å². The minimum absolute atomic E-state index is 0.110. The summed E-state index contributed by atoms with van der Waals surface area (Å²) in [4.78, 5) is 140. The summed E-state index contributed by atoms with van der Waals surface area (Å²) in [6, 6.07) is -8.31. The Morgan fingerprint density at radius 2 is 1.20 bits per heavy atom. The largest absolute Gasteiger partial charge is 0.391 e. The number of carbonyl (C=O) groups is 10. The van der Waals surface area contributed by atoms with Gasteiger partial charge in [-0.1, -0.05) is 74.1 Å². The highest BCUT2D eigenvalue weighted by Gasteiger charge is 2.40. The van der Waals surface area contributed by atoms with E-state index in [1.54, 1.807) is 41.5 Å². The molecule has 0 radical (unpaired) electrons. The van der Waals surface area contributed by atoms with Crippen molar-refractivity contribution in [2.24, 2.45) is 34.2 Å². The molecule has 0 aromatic heterocycles. The molecule has 404 valence electrons. The van der Waals surface area contributed by atoms with Crippen molar-refractivity contribution in [2.75, 3.05) is 39.8 Å². The van der Waals surface area contributed by atoms with E-state index in [4.69, 9.17) is 11.5 Å². The van der Waals surface area contributed by atoms with Crippen LogP contribution in [0.4, 0.5) is 0 Å². The summed E-state index contributed by atoms with van der Waals surface area (Å²) in [7, 11) is 1.42. The molecular weight excluding hydrogens is 923 g/mol. The summed E-state index contributed by atoms with van der Waals surface area (Å²) in [5.41, 5.74) is 11.0. The van der Waals surface area contributed by atoms with E-state index in [1.807, 2.05) is 13.8 Å². The monoisotopic (exact) mass is 1010 g/mol. The number of rotatable bonds is 31. The lowest BCUT2D eigenvalue weighted by Gasteiger charge is -2.32. The van der Waals surface area contributed by atoms with Gasteiger partial charge in [-0.2, -0.15) is 0 Å². The number of hydrogen-bond donors (Lipinski definition) is 11. The van der Waals surface area contributed by atoms with Gasteiger partial charge in [0.1, 0.15) is 42.3 Å². The van der Waals surface area contributed by atoms with Crippen LogP contribution in [0.3, 0.4) is 0 Å². The highest BCUT2D eigenvalue weighted by atomic mass is 16.3. The zero-order chi connectivity index (χ0) is 54.1. The summed E-state index contributed by atoms with van der Waals surface area (Å²) in [6.07, 6.45) is 1.94. The lowest BCUT2D eigenvalue weighted by Crippen LogP contribution is -2.63. The van der Waals surface area contributed by atoms with Crippen LogP contribution in [0.1, 0.15) is 127 Å². The molecule has 0 aliphatic carbocycles. The van der Waals surface area contributed by atoms with Crippen LogP contribution in [0.5, 0.6) is 0 Å². The van der Waals surface area contributed by atoms with Gasteiger partial charge < -0.3 is 68.9 Å². The standard InChI is InChI=1S/C47H85N13O11/c1-12-16-19-31(40(65)56-37(27(7)13-2)43(68)54-32(20-17-22-51-47(48)49)46(71)60-23-18-21-33(60)41(66)50-15-4)53-45(70)39(29(9)61)58-44(69)38(28(8)14-3)57-42(67)36(26(5)6)55-34(63)24-52-35(64)25-59(11)30(10)62/h26-29,31-33,36-39,61H,12-25H2,1-11H3,(H,50,66)(H,52,64)(H,53,70)(H,54,68)(H,55,63)(H,56,65)(H,57,67)(H,58,69)(H4,48,49,51)/t27-,28-,29+,31-,32-,33-,36-,37-,38+,39-/m0/s1. The van der Waals surface area contributed by atoms with E-state index >= 15 is 0 Å². The number of carbonyl (C=O) groups excluding carboxylic acids is 10. The lowest BCUT2D eigenvalue weighted by atomic mass is 9.95. The number of nitrogens with zero attached hydrogens (tertiary/aromatic N) is 3. The number of amides is 10. The molecule has 13 N–H and O–H groups in total. The Kier molecular flexibility index (Phi) is 28.4. The molecule has 0 spiro atoms. The maximum Gasteiger partial charge on any atom is 0.245 e. The molecule has 10 amide bonds. The molecule has 24 heteroatoms. The summed E-state index contributed by atoms with van der Waals surface area (Å²) in [5.74, 6) is -7.92. The molecule has 1 aliphatic heterocycles. The Balaban J connectivity index is 3.35. The number of aliphatic hydroxyl groups excluding tert-OH is 1. The van der Waals surface area contributed by atoms with Gasteiger partial charge >= 0.3 is 0 Å². The SMILES string of the molecule is CCCC[C@H](NC(=O)[C@@H](NC(=O)[C@H](NC(=O)[C@@H](NC(=O)CNC(=O)CN(C)C(C)=O)C(C)C)[C@@H](C)CC)[C@@H](C)O)C(=O)N[C@H](C(=O)N[C@@H](CCCN=C(N)N)C(=O)N1CCC[C@H]1C(=O)NCC)[C@@H](C)CC. The van der Waals surface area contributed by atoms with Gasteiger partial charge in [-0.05, 0) is 63.7 Å². The summed E-state index contributed by atoms with van der Waals surface area (Å²) in [6.45, 7) is 16.6. The second-order valence-corrected chi connectivity index (χ2v) is 18.7. The zero-order valence-electron chi connectivity index (χ0n) is 43.8. The quantitative estimate of drug-likeness (QED) is 0.0204. The fourth-order valence-corrected chi connectivity index (χ4v) is 7.63. The van der Waals surface area contributed by atoms with E-state index in [9.17, 15) is 53.1 Å². The molecule has 71 heavy (non-hydrogen) atoms. The van der Waals surface area contributed by atoms with E-state index in [0.29, 0.717) is 58.0 Å². The van der Waals surface area contributed by atoms with Gasteiger partial charge in [-0.3, -0.25) is 52.9 Å². The molecule has 1 saturated heterocycles. The molecule has 1 fully saturated rings. The van der Waals surface area contributed by atoms with E-state index in [2.05, 4.69) is 47.5 Å². The number of likely N-dealkylation sites (tertiary alicyclic amines) is 1. The Morgan fingerprint density at radius 3 is 1.72 bits per heavy atom. The highest BCUT2D eigenvalue weighted by Crippen LogP contribution is 2.21. The van der Waals surface area contributed by atoms with Gasteiger partial charge in [0, 0.05) is 33.6 Å². The first kappa shape index (κ1) is 62.9. The van der Waals surface area contributed by atoms with Gasteiger partial charge in [-0.25, -0.2) is 0 Å². The van der Waals surface area contributed by atoms with Crippen LogP contribution in [-0.2, 0) is 47.9 Å². The minimum atomic E-state index is -1.62. The fourth-order valence-electron chi connectivity index (χ4n) is 7.63. The van der Waals surface area contributed by atoms with E-state index in [0.717, 1.165) is 4.90 Å². The van der Waals surface area contributed by atoms with Crippen molar-refractivity contribution in [3.8, 4) is 0 Å². The predicted molar refractivity (Wildman–Crippen MR) is 266 cm³/mol. The maximum absolute atomic E-state index is 14.2. The molecule has 1 heterocycles. The minimum Gasteiger partial charge on any atom is -0.391 e. The molecule has 1 aliphatic rings. The number of nitrogens with one attached hydrogen (secondary N) is 8. The van der Waals surface area contributed by atoms with Crippen LogP contribution >= 0.6 is 0 Å². The van der Waals surface area contributed by atoms with Crippen LogP contribution in [0.2, 0.25) is 0 Å². The Labute approximate surface area is 418 Å². The first-order chi connectivity index (χ1) is 33.3. The third-order valence-corrected chi connectivity index (χ3v) is 12.5. The number of likely N-dealkylation sites (N-methyl/N-ethyl adjacent to an activating group) is 2. The van der Waals surface area contributed by atoms with Crippen molar-refractivity contribution < 1.29 is 53.1 Å². The third kappa shape index (κ3) is 21.4. The van der Waals surface area contributed by atoms with E-state index in [-0.39, 0.29) is 43.7 Å². The van der Waals surface area contributed by atoms with Crippen LogP contribution in [0.15, 0.2) is 4.99 Å². The lowest BCUT2D eigenvalue weighted by molar-refractivity contribution is -0.142. The van der Waals surface area contributed by atoms with Gasteiger partial charge in [0.25, 0.3) is 0 Å². The van der Waals surface area contributed by atoms with E-state index in [1.165, 1.54) is 25.8 Å². The van der Waals surface area contributed by atoms with Crippen LogP contribution in [0.25, 0.3) is 0 Å². The maximum atomic E-state index is 14.2. The van der Waals surface area contributed by atoms with Gasteiger partial charge in [0.2, 0.25) is 59.1 Å². The smallest absolute Gasteiger partial charge is 0.245 e. The predicted octanol–water partition coefficient (Wildman–Crippen LogP) is -2.01. The first-order valence-corrected chi connectivity index (χ1v) is 25.0. The van der Waals surface area contributed by atoms with Crippen molar-refractivity contribution in [1.82, 2.24) is 52.3 Å². The second kappa shape index (κ2) is 32.0. The molecule has 10 atom stereocenters. The number of hydrogen-bond acceptors (Lipinski definition) is 12. The van der Waals surface area contributed by atoms with Gasteiger partial charge in [0.05, 0.1) is 19.2 Å². The Bertz CT molecular complexity index is 1840. The average molecular weight is 1010 g/mol. The molecule has 1 rings (SSSR count). The van der Waals surface area contributed by atoms with Crippen LogP contribution < -0.4 is 54.0 Å². The molecule has 0 aromatic carbocycles. The molecule has 0 bridgehead atoms. The zero-order valence-corrected chi connectivity index (χ0v) is 43.8. The first-order valence-electron chi connectivity index (χ1n) is 25.0. The Hall–Kier alpha value is -6.07. The van der Waals surface area contributed by atoms with Crippen LogP contribution in [0, 0.1) is 17.8 Å². The van der Waals surface area contributed by atoms with Crippen molar-refractivity contribution in [3.05, 3.63) is 0 Å². The number of guanidine groups is 1. The fraction of sp³-hybridized carbons (Fsp3) is 0.766. The van der Waals surface area contributed by atoms with Crippen molar-refractivity contribution >= 4 is 65.0 Å². The molecule has 0 unspecified atom stereocenters. The molecular formula is C47H85N13O11. The molecule has 0 aromatic rings. The second-order valence-electron chi connectivity index (χ2n) is 18.7. The number of unbranched alkanes of at least 4 members (excludes halogenated alkanes) is 1. The topological polar surface area (TPSA) is 358 Å². The highest BCUT2D eigenvalue weighted by molar-refractivity contribution is 5.98. The Morgan fingerprint density at radius 1 is 0.676 bits per heavy atom. The van der Waals surface area contributed by atoms with Crippen molar-refractivity contribution in [2.45, 2.75) is 175 Å². The molecule has 0 saturated carbocycles. The normalized spacial score (nSPS) is 17.0. The number of aliphatic imine (C=N–C) groups is 1. The summed E-state index contributed by atoms with van der Waals surface area (Å²) < 4.78 is 0. The number of nitrogens with two attached hydrogens (primary N) is 2. The van der Waals surface area contributed by atoms with E-state index < -0.39 is 120 Å². The van der Waals surface area contributed by atoms with Gasteiger partial charge in [0.15, 0.2) is 5.96 Å². The summed E-state index contributed by atoms with van der Waals surface area (Å²) in [5, 5.41) is 32.0. The summed E-state index contributed by atoms with van der Waals surface area (Å²) >= 11 is 0. The molecule has 24 nitrogen and oxygen atoms in total. The average Bonchev–Trinajstić information content (AvgIpc) is 3.81. The van der Waals surface area contributed by atoms with Crippen molar-refractivity contribution in [3.63, 3.8) is 0 Å². The van der Waals surface area contributed by atoms with Crippen molar-refractivity contribution in [1.29, 1.82) is 0 Å². The number of aliphatic hydroxyl groups is 1. The van der Waals surface area contributed by atoms with Crippen LogP contribution in [-0.4, -0.2) is 168 Å². The third-order valence-electron chi connectivity index (χ3n) is 12.5.